The molecule has 1 aliphatic heterocycles. The smallest absolute Gasteiger partial charge is 0.233 e. The fourth-order valence-electron chi connectivity index (χ4n) is 8.70. The Morgan fingerprint density at radius 1 is 0.889 bits per heavy atom. The van der Waals surface area contributed by atoms with Gasteiger partial charge in [-0.3, -0.25) is 24.1 Å². The first-order valence-electron chi connectivity index (χ1n) is 15.7. The average molecular weight is 602 g/mol. The standard InChI is InChI=1S/C38H35NO6/c1-3-19-39-36(43)25-18-17-24-27(32(25)37(39)44)20-28-35(42)26(22-11-6-4-7-12-22)21-31(41)38(28,23-13-8-5-9-14-23)34(24)33-29(40)15-10-16-30(33)45-2/h4-17,21,25,27-28,32,34,40H,3,18-20H2,1-2H3. The minimum absolute atomic E-state index is 0.0587. The zero-order chi connectivity index (χ0) is 31.5. The highest BCUT2D eigenvalue weighted by Crippen LogP contribution is 2.65. The van der Waals surface area contributed by atoms with Crippen molar-refractivity contribution in [1.82, 2.24) is 4.90 Å². The van der Waals surface area contributed by atoms with E-state index in [1.54, 1.807) is 18.2 Å². The van der Waals surface area contributed by atoms with E-state index in [1.165, 1.54) is 18.1 Å². The van der Waals surface area contributed by atoms with Crippen molar-refractivity contribution in [1.29, 1.82) is 0 Å². The molecule has 2 fully saturated rings. The third-order valence-corrected chi connectivity index (χ3v) is 10.5. The van der Waals surface area contributed by atoms with Crippen molar-refractivity contribution in [2.75, 3.05) is 13.7 Å². The van der Waals surface area contributed by atoms with Crippen LogP contribution in [0.4, 0.5) is 0 Å². The molecular weight excluding hydrogens is 566 g/mol. The molecule has 7 nitrogen and oxygen atoms in total. The monoisotopic (exact) mass is 601 g/mol. The summed E-state index contributed by atoms with van der Waals surface area (Å²) in [6.07, 6.45) is 4.69. The van der Waals surface area contributed by atoms with Crippen LogP contribution >= 0.6 is 0 Å². The van der Waals surface area contributed by atoms with Crippen molar-refractivity contribution in [3.8, 4) is 11.5 Å². The number of likely N-dealkylation sites (tertiary alicyclic amines) is 1. The number of hydrogen-bond donors (Lipinski definition) is 1. The van der Waals surface area contributed by atoms with Crippen LogP contribution in [-0.4, -0.2) is 47.0 Å². The number of benzene rings is 3. The Labute approximate surface area is 262 Å². The summed E-state index contributed by atoms with van der Waals surface area (Å²) in [5.41, 5.74) is 1.43. The number of carbonyl (C=O) groups excluding carboxylic acids is 4. The first-order chi connectivity index (χ1) is 21.8. The first kappa shape index (κ1) is 29.0. The molecule has 228 valence electrons. The van der Waals surface area contributed by atoms with Crippen LogP contribution in [0.2, 0.25) is 0 Å². The molecule has 1 saturated heterocycles. The molecule has 7 heteroatoms. The third-order valence-electron chi connectivity index (χ3n) is 10.5. The van der Waals surface area contributed by atoms with E-state index in [0.717, 1.165) is 5.57 Å². The highest BCUT2D eigenvalue weighted by atomic mass is 16.5. The number of hydrogen-bond acceptors (Lipinski definition) is 6. The quantitative estimate of drug-likeness (QED) is 0.290. The van der Waals surface area contributed by atoms with Crippen LogP contribution in [-0.2, 0) is 24.6 Å². The number of carbonyl (C=O) groups is 4. The second kappa shape index (κ2) is 11.0. The molecule has 1 N–H and O–H groups in total. The van der Waals surface area contributed by atoms with E-state index in [4.69, 9.17) is 4.74 Å². The number of rotatable bonds is 6. The fraction of sp³-hybridized carbons (Fsp3) is 0.316. The van der Waals surface area contributed by atoms with Crippen molar-refractivity contribution in [2.45, 2.75) is 37.5 Å². The number of nitrogens with zero attached hydrogens (tertiary/aromatic N) is 1. The summed E-state index contributed by atoms with van der Waals surface area (Å²) in [5, 5.41) is 11.5. The summed E-state index contributed by atoms with van der Waals surface area (Å²) in [4.78, 5) is 58.8. The van der Waals surface area contributed by atoms with Gasteiger partial charge in [0.1, 0.15) is 11.5 Å². The number of amides is 2. The predicted molar refractivity (Wildman–Crippen MR) is 168 cm³/mol. The number of ether oxygens (including phenoxy) is 1. The molecule has 0 aromatic heterocycles. The maximum absolute atomic E-state index is 15.0. The van der Waals surface area contributed by atoms with Gasteiger partial charge in [-0.15, -0.1) is 0 Å². The Morgan fingerprint density at radius 3 is 2.29 bits per heavy atom. The topological polar surface area (TPSA) is 101 Å². The number of methoxy groups -OCH3 is 1. The molecule has 3 aromatic carbocycles. The lowest BCUT2D eigenvalue weighted by Gasteiger charge is -2.55. The van der Waals surface area contributed by atoms with Crippen LogP contribution in [0.15, 0.2) is 96.6 Å². The van der Waals surface area contributed by atoms with Gasteiger partial charge in [0.05, 0.1) is 24.4 Å². The zero-order valence-electron chi connectivity index (χ0n) is 25.3. The predicted octanol–water partition coefficient (Wildman–Crippen LogP) is 5.64. The number of fused-ring (bicyclic) bond motifs is 4. The van der Waals surface area contributed by atoms with Crippen molar-refractivity contribution in [3.63, 3.8) is 0 Å². The molecule has 6 atom stereocenters. The molecule has 0 radical (unpaired) electrons. The highest BCUT2D eigenvalue weighted by molar-refractivity contribution is 6.31. The Bertz CT molecular complexity index is 1780. The van der Waals surface area contributed by atoms with E-state index in [1.807, 2.05) is 73.7 Å². The summed E-state index contributed by atoms with van der Waals surface area (Å²) < 4.78 is 5.82. The molecule has 2 amide bonds. The van der Waals surface area contributed by atoms with Gasteiger partial charge < -0.3 is 9.84 Å². The average Bonchev–Trinajstić information content (AvgIpc) is 3.31. The Hall–Kier alpha value is -4.78. The number of allylic oxidation sites excluding steroid dienone is 4. The molecule has 0 spiro atoms. The maximum Gasteiger partial charge on any atom is 0.233 e. The van der Waals surface area contributed by atoms with Crippen LogP contribution < -0.4 is 4.74 Å². The van der Waals surface area contributed by atoms with Crippen LogP contribution in [0.25, 0.3) is 5.57 Å². The number of phenolic OH excluding ortho intramolecular Hbond substituents is 1. The summed E-state index contributed by atoms with van der Waals surface area (Å²) in [6.45, 7) is 2.28. The van der Waals surface area contributed by atoms with Gasteiger partial charge in [0.15, 0.2) is 11.6 Å². The van der Waals surface area contributed by atoms with Crippen LogP contribution in [0.5, 0.6) is 11.5 Å². The van der Waals surface area contributed by atoms with Gasteiger partial charge in [-0.25, -0.2) is 0 Å². The Kier molecular flexibility index (Phi) is 7.07. The molecule has 3 aromatic rings. The first-order valence-corrected chi connectivity index (χ1v) is 15.7. The zero-order valence-corrected chi connectivity index (χ0v) is 25.3. The molecule has 45 heavy (non-hydrogen) atoms. The van der Waals surface area contributed by atoms with Gasteiger partial charge in [-0.2, -0.15) is 0 Å². The molecule has 7 rings (SSSR count). The summed E-state index contributed by atoms with van der Waals surface area (Å²) >= 11 is 0. The van der Waals surface area contributed by atoms with Gasteiger partial charge in [0.2, 0.25) is 11.8 Å². The van der Waals surface area contributed by atoms with Crippen LogP contribution in [0.3, 0.4) is 0 Å². The number of ketones is 2. The molecule has 6 unspecified atom stereocenters. The van der Waals surface area contributed by atoms with Gasteiger partial charge in [-0.1, -0.05) is 85.3 Å². The number of imide groups is 1. The summed E-state index contributed by atoms with van der Waals surface area (Å²) in [5.74, 6) is -3.83. The third kappa shape index (κ3) is 4.09. The van der Waals surface area contributed by atoms with Crippen LogP contribution in [0, 0.1) is 23.7 Å². The Morgan fingerprint density at radius 2 is 1.60 bits per heavy atom. The number of aromatic hydroxyl groups is 1. The molecule has 1 heterocycles. The molecule has 1 saturated carbocycles. The minimum Gasteiger partial charge on any atom is -0.508 e. The molecule has 4 aliphatic rings. The van der Waals surface area contributed by atoms with Gasteiger partial charge in [0.25, 0.3) is 0 Å². The van der Waals surface area contributed by atoms with Gasteiger partial charge in [0, 0.05) is 29.5 Å². The van der Waals surface area contributed by atoms with Crippen molar-refractivity contribution < 1.29 is 29.0 Å². The Balaban J connectivity index is 1.53. The molecular formula is C38H35NO6. The normalized spacial score (nSPS) is 29.0. The fourth-order valence-corrected chi connectivity index (χ4v) is 8.70. The maximum atomic E-state index is 15.0. The van der Waals surface area contributed by atoms with E-state index in [9.17, 15) is 19.5 Å². The summed E-state index contributed by atoms with van der Waals surface area (Å²) in [7, 11) is 1.51. The van der Waals surface area contributed by atoms with E-state index < -0.39 is 35.0 Å². The van der Waals surface area contributed by atoms with E-state index in [-0.39, 0.29) is 35.6 Å². The lowest BCUT2D eigenvalue weighted by molar-refractivity contribution is -0.140. The second-order valence-electron chi connectivity index (χ2n) is 12.5. The minimum atomic E-state index is -1.42. The van der Waals surface area contributed by atoms with E-state index in [2.05, 4.69) is 0 Å². The number of phenols is 1. The van der Waals surface area contributed by atoms with Crippen LogP contribution in [0.1, 0.15) is 48.8 Å². The number of Topliss-reactive ketones (excluding diaryl/α,β-unsaturated/α-hetero) is 1. The SMILES string of the molecule is CCCN1C(=O)C2CC=C3C(CC4C(=O)C(c5ccccc5)=CC(=O)C4(c4ccccc4)C3c3c(O)cccc3OC)C2C1=O. The van der Waals surface area contributed by atoms with E-state index >= 15 is 4.79 Å². The van der Waals surface area contributed by atoms with Gasteiger partial charge in [-0.05, 0) is 54.5 Å². The van der Waals surface area contributed by atoms with Crippen molar-refractivity contribution >= 4 is 29.0 Å². The largest absolute Gasteiger partial charge is 0.508 e. The second-order valence-corrected chi connectivity index (χ2v) is 12.5. The van der Waals surface area contributed by atoms with Gasteiger partial charge >= 0.3 is 0 Å². The van der Waals surface area contributed by atoms with Crippen molar-refractivity contribution in [3.05, 3.63) is 113 Å². The highest BCUT2D eigenvalue weighted by Gasteiger charge is 2.66. The van der Waals surface area contributed by atoms with E-state index in [0.29, 0.717) is 47.4 Å². The van der Waals surface area contributed by atoms with Crippen molar-refractivity contribution in [2.24, 2.45) is 23.7 Å². The lowest BCUT2D eigenvalue weighted by atomic mass is 9.44. The molecule has 3 aliphatic carbocycles. The molecule has 0 bridgehead atoms. The lowest BCUT2D eigenvalue weighted by Crippen LogP contribution is -2.58. The summed E-state index contributed by atoms with van der Waals surface area (Å²) in [6, 6.07) is 23.5.